The fraction of sp³-hybridized carbons (Fsp3) is 0. The maximum absolute atomic E-state index is 6.40. The number of fused-ring (bicyclic) bond motifs is 1. The van der Waals surface area contributed by atoms with E-state index in [-0.39, 0.29) is 0 Å². The molecule has 5 rings (SSSR count). The van der Waals surface area contributed by atoms with Crippen molar-refractivity contribution in [1.29, 1.82) is 0 Å². The van der Waals surface area contributed by atoms with Gasteiger partial charge in [0.1, 0.15) is 11.5 Å². The van der Waals surface area contributed by atoms with Crippen molar-refractivity contribution in [2.24, 2.45) is 0 Å². The molecule has 3 heteroatoms. The molecule has 0 saturated carbocycles. The van der Waals surface area contributed by atoms with E-state index in [0.717, 1.165) is 32.5 Å². The Bertz CT molecular complexity index is 1360. The van der Waals surface area contributed by atoms with Gasteiger partial charge in [0, 0.05) is 10.6 Å². The third kappa shape index (κ3) is 3.97. The van der Waals surface area contributed by atoms with Crippen LogP contribution in [0, 0.1) is 0 Å². The zero-order valence-corrected chi connectivity index (χ0v) is 18.9. The molecule has 0 heterocycles. The Balaban J connectivity index is 1.75. The Morgan fingerprint density at radius 3 is 1.97 bits per heavy atom. The van der Waals surface area contributed by atoms with Gasteiger partial charge in [0.2, 0.25) is 0 Å². The molecular weight excluding hydrogens is 468 g/mol. The van der Waals surface area contributed by atoms with E-state index >= 15 is 0 Å². The first kappa shape index (κ1) is 19.9. The second-order valence-corrected chi connectivity index (χ2v) is 8.54. The first-order valence-corrected chi connectivity index (χ1v) is 11.2. The second kappa shape index (κ2) is 8.58. The lowest BCUT2D eigenvalue weighted by molar-refractivity contribution is 0.482. The minimum atomic E-state index is 0.661. The summed E-state index contributed by atoms with van der Waals surface area (Å²) in [6.45, 7) is 0. The Morgan fingerprint density at radius 1 is 0.581 bits per heavy atom. The lowest BCUT2D eigenvalue weighted by atomic mass is 9.92. The van der Waals surface area contributed by atoms with Crippen molar-refractivity contribution < 1.29 is 4.74 Å². The van der Waals surface area contributed by atoms with Crippen molar-refractivity contribution in [3.05, 3.63) is 119 Å². The number of hydrogen-bond acceptors (Lipinski definition) is 1. The van der Waals surface area contributed by atoms with Crippen molar-refractivity contribution in [2.45, 2.75) is 0 Å². The van der Waals surface area contributed by atoms with E-state index in [1.165, 1.54) is 16.5 Å². The number of hydrogen-bond donors (Lipinski definition) is 0. The maximum Gasteiger partial charge on any atom is 0.141 e. The molecule has 0 aromatic heterocycles. The lowest BCUT2D eigenvalue weighted by Crippen LogP contribution is -1.92. The van der Waals surface area contributed by atoms with Crippen LogP contribution in [0.15, 0.2) is 114 Å². The molecule has 0 aliphatic carbocycles. The molecule has 0 bridgehead atoms. The van der Waals surface area contributed by atoms with Gasteiger partial charge in [-0.25, -0.2) is 0 Å². The summed E-state index contributed by atoms with van der Waals surface area (Å²) in [7, 11) is 0. The largest absolute Gasteiger partial charge is 0.456 e. The fourth-order valence-corrected chi connectivity index (χ4v) is 4.63. The Morgan fingerprint density at radius 2 is 1.26 bits per heavy atom. The number of rotatable bonds is 4. The van der Waals surface area contributed by atoms with Crippen molar-refractivity contribution in [1.82, 2.24) is 0 Å². The topological polar surface area (TPSA) is 9.23 Å². The molecule has 0 aliphatic heterocycles. The third-order valence-corrected chi connectivity index (χ3v) is 6.14. The quantitative estimate of drug-likeness (QED) is 0.246. The molecule has 5 aromatic rings. The van der Waals surface area contributed by atoms with Crippen LogP contribution in [-0.4, -0.2) is 0 Å². The highest BCUT2D eigenvalue weighted by atomic mass is 79.9. The van der Waals surface area contributed by atoms with Crippen LogP contribution in [-0.2, 0) is 0 Å². The molecule has 0 spiro atoms. The van der Waals surface area contributed by atoms with Crippen LogP contribution in [0.25, 0.3) is 33.0 Å². The summed E-state index contributed by atoms with van der Waals surface area (Å²) in [5, 5.41) is 3.00. The molecule has 1 nitrogen and oxygen atoms in total. The van der Waals surface area contributed by atoms with Gasteiger partial charge in [0.05, 0.1) is 4.47 Å². The minimum Gasteiger partial charge on any atom is -0.456 e. The molecule has 0 N–H and O–H groups in total. The zero-order chi connectivity index (χ0) is 21.2. The molecule has 0 aliphatic rings. The average molecular weight is 486 g/mol. The van der Waals surface area contributed by atoms with E-state index in [1.54, 1.807) is 0 Å². The van der Waals surface area contributed by atoms with Crippen LogP contribution in [0.5, 0.6) is 11.5 Å². The summed E-state index contributed by atoms with van der Waals surface area (Å²) < 4.78 is 7.21. The lowest BCUT2D eigenvalue weighted by Gasteiger charge is -2.17. The van der Waals surface area contributed by atoms with Crippen LogP contribution in [0.2, 0.25) is 5.02 Å². The molecular formula is C28H18BrClO. The van der Waals surface area contributed by atoms with E-state index < -0.39 is 0 Å². The van der Waals surface area contributed by atoms with Crippen LogP contribution >= 0.6 is 27.5 Å². The van der Waals surface area contributed by atoms with E-state index in [4.69, 9.17) is 16.3 Å². The number of ether oxygens (including phenoxy) is 1. The molecule has 0 amide bonds. The molecule has 0 saturated heterocycles. The highest BCUT2D eigenvalue weighted by Crippen LogP contribution is 2.43. The normalized spacial score (nSPS) is 10.9. The summed E-state index contributed by atoms with van der Waals surface area (Å²) >= 11 is 9.68. The van der Waals surface area contributed by atoms with Gasteiger partial charge in [0.15, 0.2) is 0 Å². The molecule has 31 heavy (non-hydrogen) atoms. The summed E-state index contributed by atoms with van der Waals surface area (Å²) in [5.41, 5.74) is 4.58. The van der Waals surface area contributed by atoms with Crippen LogP contribution < -0.4 is 4.74 Å². The second-order valence-electron chi connectivity index (χ2n) is 7.25. The van der Waals surface area contributed by atoms with Crippen molar-refractivity contribution >= 4 is 38.3 Å². The molecule has 0 unspecified atom stereocenters. The minimum absolute atomic E-state index is 0.661. The summed E-state index contributed by atoms with van der Waals surface area (Å²) in [4.78, 5) is 0. The monoisotopic (exact) mass is 484 g/mol. The average Bonchev–Trinajstić information content (AvgIpc) is 2.81. The molecule has 0 fully saturated rings. The van der Waals surface area contributed by atoms with E-state index in [9.17, 15) is 0 Å². The Kier molecular flexibility index (Phi) is 5.50. The van der Waals surface area contributed by atoms with Gasteiger partial charge >= 0.3 is 0 Å². The van der Waals surface area contributed by atoms with Crippen LogP contribution in [0.4, 0.5) is 0 Å². The van der Waals surface area contributed by atoms with Crippen molar-refractivity contribution in [3.63, 3.8) is 0 Å². The van der Waals surface area contributed by atoms with Gasteiger partial charge in [-0.2, -0.15) is 0 Å². The maximum atomic E-state index is 6.40. The van der Waals surface area contributed by atoms with Gasteiger partial charge in [0.25, 0.3) is 0 Å². The standard InChI is InChI=1S/C28H18BrClO/c29-25-18-21(30)14-16-26(25)31-27-17-15-23-22(19-8-3-1-4-9-19)12-7-13-24(23)28(27)20-10-5-2-6-11-20/h1-18H. The van der Waals surface area contributed by atoms with Gasteiger partial charge in [-0.15, -0.1) is 0 Å². The van der Waals surface area contributed by atoms with Gasteiger partial charge in [-0.05, 0) is 67.7 Å². The summed E-state index contributed by atoms with van der Waals surface area (Å²) in [6, 6.07) is 37.0. The zero-order valence-electron chi connectivity index (χ0n) is 16.6. The third-order valence-electron chi connectivity index (χ3n) is 5.28. The van der Waals surface area contributed by atoms with Crippen molar-refractivity contribution in [2.75, 3.05) is 0 Å². The molecule has 150 valence electrons. The van der Waals surface area contributed by atoms with Gasteiger partial charge in [-0.1, -0.05) is 96.5 Å². The highest BCUT2D eigenvalue weighted by molar-refractivity contribution is 9.10. The number of benzene rings is 5. The first-order chi connectivity index (χ1) is 15.2. The highest BCUT2D eigenvalue weighted by Gasteiger charge is 2.15. The van der Waals surface area contributed by atoms with Crippen LogP contribution in [0.1, 0.15) is 0 Å². The summed E-state index contributed by atoms with van der Waals surface area (Å²) in [5.74, 6) is 1.52. The van der Waals surface area contributed by atoms with E-state index in [1.807, 2.05) is 30.3 Å². The molecule has 0 radical (unpaired) electrons. The fourth-order valence-electron chi connectivity index (χ4n) is 3.87. The van der Waals surface area contributed by atoms with Crippen LogP contribution in [0.3, 0.4) is 0 Å². The SMILES string of the molecule is Clc1ccc(Oc2ccc3c(-c4ccccc4)cccc3c2-c2ccccc2)c(Br)c1. The first-order valence-electron chi connectivity index (χ1n) is 10.0. The predicted molar refractivity (Wildman–Crippen MR) is 134 cm³/mol. The van der Waals surface area contributed by atoms with Gasteiger partial charge < -0.3 is 4.74 Å². The van der Waals surface area contributed by atoms with Crippen molar-refractivity contribution in [3.8, 4) is 33.8 Å². The van der Waals surface area contributed by atoms with E-state index in [0.29, 0.717) is 5.02 Å². The molecule has 5 aromatic carbocycles. The Labute approximate surface area is 195 Å². The molecule has 0 atom stereocenters. The predicted octanol–water partition coefficient (Wildman–Crippen LogP) is 9.38. The number of halogens is 2. The Hall–Kier alpha value is -3.07. The van der Waals surface area contributed by atoms with E-state index in [2.05, 4.69) is 94.8 Å². The van der Waals surface area contributed by atoms with Gasteiger partial charge in [-0.3, -0.25) is 0 Å². The smallest absolute Gasteiger partial charge is 0.141 e. The summed E-state index contributed by atoms with van der Waals surface area (Å²) in [6.07, 6.45) is 0.